The second kappa shape index (κ2) is 9.37. The molecule has 2 fully saturated rings. The molecule has 1 heterocycles. The summed E-state index contributed by atoms with van der Waals surface area (Å²) in [7, 11) is 2.14. The number of aliphatic hydroxyl groups is 1. The monoisotopic (exact) mass is 469 g/mol. The summed E-state index contributed by atoms with van der Waals surface area (Å²) in [5.41, 5.74) is 8.84. The van der Waals surface area contributed by atoms with Crippen LogP contribution in [0.2, 0.25) is 0 Å². The van der Waals surface area contributed by atoms with E-state index in [1.807, 2.05) is 0 Å². The number of carbonyl (C=O) groups excluding carboxylic acids is 1. The maximum atomic E-state index is 12.7. The Labute approximate surface area is 207 Å². The fourth-order valence-corrected chi connectivity index (χ4v) is 8.44. The zero-order valence-corrected chi connectivity index (χ0v) is 22.0. The van der Waals surface area contributed by atoms with Crippen molar-refractivity contribution in [2.75, 3.05) is 33.2 Å². The predicted molar refractivity (Wildman–Crippen MR) is 137 cm³/mol. The molecular weight excluding hydrogens is 422 g/mol. The van der Waals surface area contributed by atoms with Crippen molar-refractivity contribution >= 4 is 5.91 Å². The highest BCUT2D eigenvalue weighted by Gasteiger charge is 2.52. The van der Waals surface area contributed by atoms with E-state index >= 15 is 0 Å². The zero-order chi connectivity index (χ0) is 24.1. The molecule has 0 aromatic heterocycles. The minimum Gasteiger partial charge on any atom is -0.393 e. The number of hydrogen-bond acceptors (Lipinski definition) is 4. The molecule has 1 saturated carbocycles. The molecule has 34 heavy (non-hydrogen) atoms. The molecule has 1 aliphatic heterocycles. The van der Waals surface area contributed by atoms with E-state index in [1.165, 1.54) is 32.1 Å². The van der Waals surface area contributed by atoms with E-state index < -0.39 is 0 Å². The fraction of sp³-hybridized carbons (Fsp3) is 0.828. The van der Waals surface area contributed by atoms with E-state index in [0.29, 0.717) is 29.6 Å². The minimum absolute atomic E-state index is 0.0848. The number of nitrogens with zero attached hydrogens (tertiary/aromatic N) is 2. The lowest BCUT2D eigenvalue weighted by atomic mass is 9.51. The third-order valence-corrected chi connectivity index (χ3v) is 10.8. The van der Waals surface area contributed by atoms with E-state index in [1.54, 1.807) is 16.7 Å². The molecule has 0 radical (unpaired) electrons. The second-order valence-electron chi connectivity index (χ2n) is 12.8. The van der Waals surface area contributed by atoms with E-state index in [2.05, 4.69) is 49.2 Å². The molecule has 190 valence electrons. The van der Waals surface area contributed by atoms with Crippen molar-refractivity contribution in [3.63, 3.8) is 0 Å². The number of fused-ring (bicyclic) bond motifs is 4. The number of piperazine rings is 1. The van der Waals surface area contributed by atoms with Crippen LogP contribution in [0.15, 0.2) is 22.8 Å². The summed E-state index contributed by atoms with van der Waals surface area (Å²) >= 11 is 0. The van der Waals surface area contributed by atoms with Crippen LogP contribution in [-0.2, 0) is 4.79 Å². The summed E-state index contributed by atoms with van der Waals surface area (Å²) in [6.07, 6.45) is 13.3. The molecule has 6 atom stereocenters. The third kappa shape index (κ3) is 4.30. The lowest BCUT2D eigenvalue weighted by Crippen LogP contribution is -2.52. The Morgan fingerprint density at radius 1 is 1.15 bits per heavy atom. The predicted octanol–water partition coefficient (Wildman–Crippen LogP) is 4.69. The molecule has 1 saturated heterocycles. The molecule has 0 bridgehead atoms. The van der Waals surface area contributed by atoms with Crippen LogP contribution >= 0.6 is 0 Å². The van der Waals surface area contributed by atoms with Gasteiger partial charge in [0, 0.05) is 32.6 Å². The molecular formula is C29H47N3O2. The quantitative estimate of drug-likeness (QED) is 0.614. The summed E-state index contributed by atoms with van der Waals surface area (Å²) in [5, 5.41) is 12.4. The van der Waals surface area contributed by atoms with E-state index in [4.69, 9.17) is 0 Å². The van der Waals surface area contributed by atoms with Crippen LogP contribution in [0.4, 0.5) is 0 Å². The highest BCUT2D eigenvalue weighted by Crippen LogP contribution is 2.64. The molecule has 5 aliphatic rings. The van der Waals surface area contributed by atoms with E-state index in [-0.39, 0.29) is 17.4 Å². The highest BCUT2D eigenvalue weighted by atomic mass is 16.3. The van der Waals surface area contributed by atoms with Gasteiger partial charge in [0.05, 0.1) is 6.10 Å². The van der Waals surface area contributed by atoms with Crippen molar-refractivity contribution in [2.24, 2.45) is 28.6 Å². The van der Waals surface area contributed by atoms with Crippen molar-refractivity contribution < 1.29 is 9.90 Å². The van der Waals surface area contributed by atoms with Crippen LogP contribution in [0.1, 0.15) is 85.0 Å². The third-order valence-electron chi connectivity index (χ3n) is 10.8. The molecule has 0 aromatic carbocycles. The lowest BCUT2D eigenvalue weighted by molar-refractivity contribution is -0.127. The topological polar surface area (TPSA) is 55.8 Å². The van der Waals surface area contributed by atoms with Gasteiger partial charge in [-0.05, 0) is 105 Å². The van der Waals surface area contributed by atoms with Gasteiger partial charge in [-0.1, -0.05) is 32.4 Å². The zero-order valence-electron chi connectivity index (χ0n) is 22.0. The van der Waals surface area contributed by atoms with Gasteiger partial charge in [0.1, 0.15) is 0 Å². The first kappa shape index (κ1) is 24.5. The molecule has 1 amide bonds. The Bertz CT molecular complexity index is 857. The van der Waals surface area contributed by atoms with E-state index in [0.717, 1.165) is 51.9 Å². The largest absolute Gasteiger partial charge is 0.393 e. The highest BCUT2D eigenvalue weighted by molar-refractivity contribution is 5.75. The Morgan fingerprint density at radius 2 is 1.91 bits per heavy atom. The smallest absolute Gasteiger partial charge is 0.234 e. The number of hydrazine groups is 1. The van der Waals surface area contributed by atoms with Crippen LogP contribution in [0, 0.1) is 28.6 Å². The first-order valence-electron chi connectivity index (χ1n) is 14.1. The van der Waals surface area contributed by atoms with Crippen LogP contribution in [0.3, 0.4) is 0 Å². The molecule has 5 nitrogen and oxygen atoms in total. The Kier molecular flexibility index (Phi) is 6.76. The fourth-order valence-electron chi connectivity index (χ4n) is 8.44. The molecule has 2 N–H and O–H groups in total. The van der Waals surface area contributed by atoms with Gasteiger partial charge in [-0.3, -0.25) is 10.2 Å². The number of aliphatic hydroxyl groups excluding tert-OH is 1. The summed E-state index contributed by atoms with van der Waals surface area (Å²) in [6, 6.07) is 0. The first-order valence-corrected chi connectivity index (χ1v) is 14.1. The molecule has 5 rings (SSSR count). The number of carbonyl (C=O) groups is 1. The van der Waals surface area contributed by atoms with Crippen molar-refractivity contribution in [3.8, 4) is 0 Å². The standard InChI is InChI=1S/C29H47N3O2/c1-20(5-10-27(34)30-32-17-15-31(4)16-18-32)24-8-9-25-23-7-6-21-19-22(33)11-13-28(21,2)26(23)12-14-29(24,25)3/h9,20-22,24,33H,5-8,10-19H2,1-4H3,(H,30,34)/t20-,21+,22?,24-,28+,29-/m1/s1. The Hall–Kier alpha value is -1.17. The van der Waals surface area contributed by atoms with Crippen LogP contribution in [0.5, 0.6) is 0 Å². The average molecular weight is 470 g/mol. The van der Waals surface area contributed by atoms with Gasteiger partial charge in [0.25, 0.3) is 0 Å². The number of amides is 1. The lowest BCUT2D eigenvalue weighted by Gasteiger charge is -2.54. The van der Waals surface area contributed by atoms with Crippen molar-refractivity contribution in [1.82, 2.24) is 15.3 Å². The molecule has 0 spiro atoms. The van der Waals surface area contributed by atoms with Gasteiger partial charge < -0.3 is 10.0 Å². The number of hydrogen-bond donors (Lipinski definition) is 2. The molecule has 4 aliphatic carbocycles. The number of rotatable bonds is 5. The van der Waals surface area contributed by atoms with Crippen molar-refractivity contribution in [3.05, 3.63) is 22.8 Å². The van der Waals surface area contributed by atoms with Gasteiger partial charge >= 0.3 is 0 Å². The van der Waals surface area contributed by atoms with Crippen LogP contribution in [-0.4, -0.2) is 60.3 Å². The Morgan fingerprint density at radius 3 is 2.68 bits per heavy atom. The number of allylic oxidation sites excluding steroid dienone is 4. The first-order chi connectivity index (χ1) is 16.2. The maximum Gasteiger partial charge on any atom is 0.234 e. The minimum atomic E-state index is -0.0848. The van der Waals surface area contributed by atoms with E-state index in [9.17, 15) is 9.90 Å². The van der Waals surface area contributed by atoms with Gasteiger partial charge in [-0.25, -0.2) is 5.01 Å². The Balaban J connectivity index is 1.22. The van der Waals surface area contributed by atoms with Crippen LogP contribution < -0.4 is 5.43 Å². The summed E-state index contributed by atoms with van der Waals surface area (Å²) in [4.78, 5) is 15.0. The average Bonchev–Trinajstić information content (AvgIpc) is 3.17. The maximum absolute atomic E-state index is 12.7. The molecule has 0 aromatic rings. The van der Waals surface area contributed by atoms with Gasteiger partial charge in [-0.2, -0.15) is 0 Å². The molecule has 1 unspecified atom stereocenters. The van der Waals surface area contributed by atoms with Gasteiger partial charge in [-0.15, -0.1) is 0 Å². The van der Waals surface area contributed by atoms with Crippen molar-refractivity contribution in [1.29, 1.82) is 0 Å². The normalized spacial score (nSPS) is 39.7. The summed E-state index contributed by atoms with van der Waals surface area (Å²) in [5.74, 6) is 2.05. The number of likely N-dealkylation sites (N-methyl/N-ethyl adjacent to an activating group) is 1. The van der Waals surface area contributed by atoms with Crippen molar-refractivity contribution in [2.45, 2.75) is 91.1 Å². The number of nitrogens with one attached hydrogen (secondary N) is 1. The van der Waals surface area contributed by atoms with Gasteiger partial charge in [0.15, 0.2) is 0 Å². The summed E-state index contributed by atoms with van der Waals surface area (Å²) in [6.45, 7) is 11.3. The van der Waals surface area contributed by atoms with Crippen LogP contribution in [0.25, 0.3) is 0 Å². The molecule has 5 heteroatoms. The van der Waals surface area contributed by atoms with Gasteiger partial charge in [0.2, 0.25) is 5.91 Å². The second-order valence-corrected chi connectivity index (χ2v) is 12.8. The SMILES string of the molecule is C[C@H](CCC(=O)NN1CCN(C)CC1)[C@H]1CC=C2C3=C(CC[C@@]21C)[C@@]1(C)CCC(O)C[C@@H]1CC3. The summed E-state index contributed by atoms with van der Waals surface area (Å²) < 4.78 is 0.